The molecule has 0 aliphatic carbocycles. The Labute approximate surface area is 234 Å². The lowest BCUT2D eigenvalue weighted by atomic mass is 10.1. The molecule has 0 saturated heterocycles. The summed E-state index contributed by atoms with van der Waals surface area (Å²) in [6, 6.07) is 10.5. The molecule has 0 spiro atoms. The first-order chi connectivity index (χ1) is 19.1. The Morgan fingerprint density at radius 1 is 1.07 bits per heavy atom. The van der Waals surface area contributed by atoms with E-state index in [-0.39, 0.29) is 22.2 Å². The molecule has 1 amide bonds. The van der Waals surface area contributed by atoms with Gasteiger partial charge in [0.05, 0.1) is 21.7 Å². The summed E-state index contributed by atoms with van der Waals surface area (Å²) in [5, 5.41) is 5.01. The summed E-state index contributed by atoms with van der Waals surface area (Å²) in [6.45, 7) is 12.8. The molecule has 10 heteroatoms. The Balaban J connectivity index is 2.27. The predicted octanol–water partition coefficient (Wildman–Crippen LogP) is 7.42. The van der Waals surface area contributed by atoms with Crippen LogP contribution in [-0.2, 0) is 11.0 Å². The summed E-state index contributed by atoms with van der Waals surface area (Å²) in [5.41, 5.74) is -0.901. The van der Waals surface area contributed by atoms with Gasteiger partial charge in [-0.3, -0.25) is 14.2 Å². The van der Waals surface area contributed by atoms with E-state index in [0.717, 1.165) is 23.9 Å². The number of aromatic nitrogens is 2. The van der Waals surface area contributed by atoms with Crippen molar-refractivity contribution in [2.45, 2.75) is 18.1 Å². The van der Waals surface area contributed by atoms with Gasteiger partial charge in [-0.05, 0) is 49.4 Å². The number of anilines is 2. The number of nitrogens with one attached hydrogen (secondary N) is 2. The van der Waals surface area contributed by atoms with Crippen LogP contribution in [0.25, 0.3) is 16.7 Å². The molecule has 0 aliphatic heterocycles. The van der Waals surface area contributed by atoms with Crippen LogP contribution in [-0.4, -0.2) is 21.2 Å². The molecule has 0 atom stereocenters. The Morgan fingerprint density at radius 2 is 1.77 bits per heavy atom. The Kier molecular flexibility index (Phi) is 10.1. The number of carbonyl (C=O) groups is 1. The second kappa shape index (κ2) is 13.5. The summed E-state index contributed by atoms with van der Waals surface area (Å²) in [4.78, 5) is 30.1. The van der Waals surface area contributed by atoms with Gasteiger partial charge in [0.2, 0.25) is 5.91 Å². The van der Waals surface area contributed by atoms with Crippen LogP contribution in [0.15, 0.2) is 120 Å². The molecule has 40 heavy (non-hydrogen) atoms. The van der Waals surface area contributed by atoms with Crippen molar-refractivity contribution in [3.63, 3.8) is 0 Å². The molecule has 2 N–H and O–H groups in total. The lowest BCUT2D eigenvalue weighted by Crippen LogP contribution is -2.20. The zero-order valence-electron chi connectivity index (χ0n) is 21.7. The number of halogens is 3. The maximum absolute atomic E-state index is 14.3. The number of allylic oxidation sites excluding steroid dienone is 8. The summed E-state index contributed by atoms with van der Waals surface area (Å²) in [7, 11) is 0. The Hall–Kier alpha value is -4.57. The summed E-state index contributed by atoms with van der Waals surface area (Å²) < 4.78 is 44.3. The zero-order chi connectivity index (χ0) is 29.3. The minimum Gasteiger partial charge on any atom is -0.341 e. The molecule has 6 nitrogen and oxygen atoms in total. The van der Waals surface area contributed by atoms with E-state index in [1.54, 1.807) is 61.6 Å². The van der Waals surface area contributed by atoms with Crippen LogP contribution in [0, 0.1) is 0 Å². The molecule has 0 bridgehead atoms. The fourth-order valence-corrected chi connectivity index (χ4v) is 4.43. The highest BCUT2D eigenvalue weighted by Gasteiger charge is 2.35. The van der Waals surface area contributed by atoms with E-state index < -0.39 is 28.5 Å². The van der Waals surface area contributed by atoms with Crippen molar-refractivity contribution in [3.8, 4) is 0 Å². The van der Waals surface area contributed by atoms with Crippen molar-refractivity contribution in [2.75, 3.05) is 16.4 Å². The van der Waals surface area contributed by atoms with Crippen LogP contribution in [0.3, 0.4) is 0 Å². The van der Waals surface area contributed by atoms with Crippen LogP contribution >= 0.6 is 11.8 Å². The van der Waals surface area contributed by atoms with Gasteiger partial charge in [0, 0.05) is 23.1 Å². The van der Waals surface area contributed by atoms with Gasteiger partial charge in [0.15, 0.2) is 11.1 Å². The zero-order valence-corrected chi connectivity index (χ0v) is 22.5. The number of hydrogen-bond acceptors (Lipinski definition) is 5. The Bertz CT molecular complexity index is 1590. The lowest BCUT2D eigenvalue weighted by Gasteiger charge is -2.21. The third-order valence-corrected chi connectivity index (χ3v) is 6.24. The molecule has 206 valence electrons. The minimum absolute atomic E-state index is 0.0858. The molecule has 2 heterocycles. The Morgan fingerprint density at radius 3 is 2.38 bits per heavy atom. The third-order valence-electron chi connectivity index (χ3n) is 5.33. The lowest BCUT2D eigenvalue weighted by molar-refractivity contribution is -0.136. The average molecular weight is 565 g/mol. The number of para-hydroxylation sites is 1. The molecule has 0 radical (unpaired) electrons. The van der Waals surface area contributed by atoms with Crippen LogP contribution in [0.4, 0.5) is 24.7 Å². The number of hydrogen-bond donors (Lipinski definition) is 2. The molecule has 3 rings (SSSR count). The number of thioether (sulfide) groups is 1. The molecule has 2 aromatic heterocycles. The fourth-order valence-electron chi connectivity index (χ4n) is 3.73. The largest absolute Gasteiger partial charge is 0.417 e. The molecule has 0 fully saturated rings. The van der Waals surface area contributed by atoms with E-state index in [9.17, 15) is 22.8 Å². The first-order valence-electron chi connectivity index (χ1n) is 12.0. The highest BCUT2D eigenvalue weighted by Crippen LogP contribution is 2.37. The molecular weight excluding hydrogens is 537 g/mol. The van der Waals surface area contributed by atoms with Crippen molar-refractivity contribution in [2.24, 2.45) is 0 Å². The molecule has 0 saturated carbocycles. The number of rotatable bonds is 11. The molecule has 1 aromatic carbocycles. The number of pyridine rings is 2. The molecule has 0 aliphatic rings. The van der Waals surface area contributed by atoms with Gasteiger partial charge in [-0.2, -0.15) is 13.2 Å². The van der Waals surface area contributed by atoms with Crippen molar-refractivity contribution in [1.29, 1.82) is 0 Å². The van der Waals surface area contributed by atoms with E-state index in [1.807, 2.05) is 0 Å². The quantitative estimate of drug-likeness (QED) is 0.187. The number of fused-ring (bicyclic) bond motifs is 1. The highest BCUT2D eigenvalue weighted by atomic mass is 32.2. The number of carbonyl (C=O) groups excluding carboxylic acids is 1. The van der Waals surface area contributed by atoms with E-state index in [4.69, 9.17) is 0 Å². The molecular formula is C30H27F3N4O2S. The molecule has 0 unspecified atom stereocenters. The number of nitrogens with zero attached hydrogens (tertiary/aromatic N) is 2. The number of alkyl halides is 3. The summed E-state index contributed by atoms with van der Waals surface area (Å²) >= 11 is 0.821. The van der Waals surface area contributed by atoms with Crippen LogP contribution < -0.4 is 16.1 Å². The monoisotopic (exact) mass is 564 g/mol. The van der Waals surface area contributed by atoms with Crippen LogP contribution in [0.5, 0.6) is 0 Å². The van der Waals surface area contributed by atoms with Gasteiger partial charge in [-0.1, -0.05) is 67.9 Å². The van der Waals surface area contributed by atoms with Crippen LogP contribution in [0.2, 0.25) is 0 Å². The smallest absolute Gasteiger partial charge is 0.341 e. The normalized spacial score (nSPS) is 12.4. The summed E-state index contributed by atoms with van der Waals surface area (Å²) in [5.74, 6) is -0.494. The topological polar surface area (TPSA) is 76.0 Å². The summed E-state index contributed by atoms with van der Waals surface area (Å²) in [6.07, 6.45) is 6.06. The van der Waals surface area contributed by atoms with Gasteiger partial charge < -0.3 is 10.6 Å². The standard InChI is InChI=1S/C30H27F3N4O2S/c1-5-12-20(8-4)34-25-18-24(38)28-23(30(31,32)33)17-27(36-29(28)37(25)22(13-6-2)14-7-3)40-19-26(39)35-21-15-10-9-11-16-21/h5-18,34H,1-2,4,19H2,3H3,(H,35,39)/b14-7-,20-12+,22-13+. The van der Waals surface area contributed by atoms with Crippen molar-refractivity contribution in [3.05, 3.63) is 126 Å². The van der Waals surface area contributed by atoms with Gasteiger partial charge in [0.25, 0.3) is 0 Å². The van der Waals surface area contributed by atoms with Gasteiger partial charge in [-0.25, -0.2) is 4.98 Å². The maximum Gasteiger partial charge on any atom is 0.417 e. The van der Waals surface area contributed by atoms with Gasteiger partial charge in [-0.15, -0.1) is 0 Å². The highest BCUT2D eigenvalue weighted by molar-refractivity contribution is 7.99. The number of benzene rings is 1. The van der Waals surface area contributed by atoms with Gasteiger partial charge in [0.1, 0.15) is 5.82 Å². The van der Waals surface area contributed by atoms with E-state index >= 15 is 0 Å². The van der Waals surface area contributed by atoms with E-state index in [2.05, 4.69) is 35.4 Å². The first-order valence-corrected chi connectivity index (χ1v) is 12.9. The van der Waals surface area contributed by atoms with Crippen molar-refractivity contribution in [1.82, 2.24) is 9.55 Å². The maximum atomic E-state index is 14.3. The van der Waals surface area contributed by atoms with Crippen molar-refractivity contribution < 1.29 is 18.0 Å². The predicted molar refractivity (Wildman–Crippen MR) is 158 cm³/mol. The fraction of sp³-hybridized carbons (Fsp3) is 0.100. The SMILES string of the molecule is C=C/C=C(\C=C)Nc1cc(=O)c2c(C(F)(F)F)cc(SCC(=O)Nc3ccccc3)nc2n1C(/C=C\C)=C/C=C. The minimum atomic E-state index is -4.87. The third kappa shape index (κ3) is 7.29. The van der Waals surface area contributed by atoms with E-state index in [0.29, 0.717) is 17.1 Å². The second-order valence-electron chi connectivity index (χ2n) is 8.15. The first kappa shape index (κ1) is 30.0. The second-order valence-corrected chi connectivity index (χ2v) is 9.15. The van der Waals surface area contributed by atoms with E-state index in [1.165, 1.54) is 22.8 Å². The van der Waals surface area contributed by atoms with Crippen molar-refractivity contribution >= 4 is 45.9 Å². The average Bonchev–Trinajstić information content (AvgIpc) is 2.91. The van der Waals surface area contributed by atoms with Crippen LogP contribution in [0.1, 0.15) is 12.5 Å². The van der Waals surface area contributed by atoms with Gasteiger partial charge >= 0.3 is 6.18 Å². The number of amides is 1. The molecule has 3 aromatic rings.